The lowest BCUT2D eigenvalue weighted by atomic mass is 10.1. The summed E-state index contributed by atoms with van der Waals surface area (Å²) in [4.78, 5) is 27.0. The smallest absolute Gasteiger partial charge is 0.293 e. The molecule has 1 saturated heterocycles. The van der Waals surface area contributed by atoms with E-state index in [2.05, 4.69) is 38.5 Å². The van der Waals surface area contributed by atoms with Gasteiger partial charge in [-0.15, -0.1) is 0 Å². The van der Waals surface area contributed by atoms with E-state index in [1.807, 2.05) is 48.5 Å². The number of hydrogen-bond acceptors (Lipinski definition) is 5. The first-order chi connectivity index (χ1) is 16.3. The standard InChI is InChI=1S/C25H18BrClINO4S/c1-32-21-11-17(10-20(27)23(21)33-14-16-2-6-18(26)7-3-16)12-22-24(30)29(25(31)34-22)13-15-4-8-19(28)9-5-15/h2-12H,13-14H2,1H3/b22-12-. The van der Waals surface area contributed by atoms with Crippen LogP contribution in [-0.4, -0.2) is 23.2 Å². The zero-order chi connectivity index (χ0) is 24.2. The Balaban J connectivity index is 1.52. The molecule has 9 heteroatoms. The summed E-state index contributed by atoms with van der Waals surface area (Å²) in [7, 11) is 1.52. The third-order valence-electron chi connectivity index (χ3n) is 4.97. The third kappa shape index (κ3) is 5.97. The molecule has 1 aliphatic heterocycles. The number of amides is 2. The summed E-state index contributed by atoms with van der Waals surface area (Å²) in [5, 5.41) is 0.0446. The molecule has 0 N–H and O–H groups in total. The molecule has 0 saturated carbocycles. The van der Waals surface area contributed by atoms with Gasteiger partial charge in [0.1, 0.15) is 6.61 Å². The van der Waals surface area contributed by atoms with Crippen LogP contribution in [-0.2, 0) is 17.9 Å². The minimum absolute atomic E-state index is 0.228. The fourth-order valence-electron chi connectivity index (χ4n) is 3.26. The Kier molecular flexibility index (Phi) is 8.23. The zero-order valence-electron chi connectivity index (χ0n) is 17.9. The quantitative estimate of drug-likeness (QED) is 0.192. The first kappa shape index (κ1) is 25.1. The number of ether oxygens (including phenoxy) is 2. The molecule has 4 rings (SSSR count). The molecule has 1 aliphatic rings. The van der Waals surface area contributed by atoms with Gasteiger partial charge in [-0.2, -0.15) is 0 Å². The molecule has 0 atom stereocenters. The van der Waals surface area contributed by atoms with Crippen molar-refractivity contribution >= 4 is 79.1 Å². The highest BCUT2D eigenvalue weighted by Gasteiger charge is 2.35. The maximum absolute atomic E-state index is 12.9. The van der Waals surface area contributed by atoms with Gasteiger partial charge in [0, 0.05) is 8.04 Å². The number of imide groups is 1. The number of methoxy groups -OCH3 is 1. The first-order valence-corrected chi connectivity index (χ1v) is 13.2. The van der Waals surface area contributed by atoms with E-state index in [1.165, 1.54) is 12.0 Å². The van der Waals surface area contributed by atoms with E-state index in [0.29, 0.717) is 33.6 Å². The molecular formula is C25H18BrClINO4S. The van der Waals surface area contributed by atoms with Gasteiger partial charge < -0.3 is 9.47 Å². The molecule has 174 valence electrons. The predicted octanol–water partition coefficient (Wildman–Crippen LogP) is 7.53. The van der Waals surface area contributed by atoms with Crippen LogP contribution in [0, 0.1) is 3.57 Å². The van der Waals surface area contributed by atoms with Crippen molar-refractivity contribution in [1.82, 2.24) is 4.90 Å². The van der Waals surface area contributed by atoms with Crippen LogP contribution >= 0.6 is 61.9 Å². The van der Waals surface area contributed by atoms with Crippen molar-refractivity contribution in [1.29, 1.82) is 0 Å². The lowest BCUT2D eigenvalue weighted by Crippen LogP contribution is -2.27. The normalized spacial score (nSPS) is 14.7. The van der Waals surface area contributed by atoms with Gasteiger partial charge >= 0.3 is 0 Å². The summed E-state index contributed by atoms with van der Waals surface area (Å²) in [6.07, 6.45) is 1.64. The average molecular weight is 671 g/mol. The van der Waals surface area contributed by atoms with Crippen molar-refractivity contribution in [3.8, 4) is 11.5 Å². The molecule has 0 aliphatic carbocycles. The molecule has 34 heavy (non-hydrogen) atoms. The van der Waals surface area contributed by atoms with E-state index in [4.69, 9.17) is 21.1 Å². The highest BCUT2D eigenvalue weighted by Crippen LogP contribution is 2.39. The second-order valence-corrected chi connectivity index (χ2v) is 10.9. The van der Waals surface area contributed by atoms with Gasteiger partial charge in [0.05, 0.1) is 23.6 Å². The van der Waals surface area contributed by atoms with Crippen molar-refractivity contribution in [3.63, 3.8) is 0 Å². The van der Waals surface area contributed by atoms with E-state index in [1.54, 1.807) is 18.2 Å². The van der Waals surface area contributed by atoms with Gasteiger partial charge in [-0.3, -0.25) is 14.5 Å². The number of halogens is 3. The number of hydrogen-bond donors (Lipinski definition) is 0. The van der Waals surface area contributed by atoms with Crippen molar-refractivity contribution in [2.75, 3.05) is 7.11 Å². The van der Waals surface area contributed by atoms with Crippen LogP contribution in [0.2, 0.25) is 5.02 Å². The summed E-state index contributed by atoms with van der Waals surface area (Å²) in [6, 6.07) is 18.9. The molecule has 5 nitrogen and oxygen atoms in total. The molecule has 0 unspecified atom stereocenters. The van der Waals surface area contributed by atoms with E-state index in [-0.39, 0.29) is 17.7 Å². The van der Waals surface area contributed by atoms with Crippen LogP contribution in [0.15, 0.2) is 70.0 Å². The summed E-state index contributed by atoms with van der Waals surface area (Å²) < 4.78 is 13.5. The molecule has 0 radical (unpaired) electrons. The molecular weight excluding hydrogens is 653 g/mol. The van der Waals surface area contributed by atoms with E-state index in [9.17, 15) is 9.59 Å². The van der Waals surface area contributed by atoms with E-state index in [0.717, 1.165) is 30.9 Å². The van der Waals surface area contributed by atoms with Crippen LogP contribution in [0.3, 0.4) is 0 Å². The van der Waals surface area contributed by atoms with Gasteiger partial charge in [-0.25, -0.2) is 0 Å². The van der Waals surface area contributed by atoms with Crippen molar-refractivity contribution in [2.24, 2.45) is 0 Å². The Bertz CT molecular complexity index is 1270. The fourth-order valence-corrected chi connectivity index (χ4v) is 5.00. The van der Waals surface area contributed by atoms with Gasteiger partial charge in [-0.05, 0) is 93.5 Å². The molecule has 0 bridgehead atoms. The Morgan fingerprint density at radius 3 is 2.41 bits per heavy atom. The van der Waals surface area contributed by atoms with Crippen LogP contribution < -0.4 is 9.47 Å². The monoisotopic (exact) mass is 669 g/mol. The summed E-state index contributed by atoms with van der Waals surface area (Å²) in [6.45, 7) is 0.548. The van der Waals surface area contributed by atoms with Gasteiger partial charge in [0.2, 0.25) is 0 Å². The second-order valence-electron chi connectivity index (χ2n) is 7.34. The lowest BCUT2D eigenvalue weighted by molar-refractivity contribution is -0.123. The Morgan fingerprint density at radius 1 is 1.06 bits per heavy atom. The molecule has 3 aromatic carbocycles. The maximum atomic E-state index is 12.9. The topological polar surface area (TPSA) is 55.8 Å². The number of carbonyl (C=O) groups is 2. The second kappa shape index (κ2) is 11.2. The van der Waals surface area contributed by atoms with Crippen LogP contribution in [0.5, 0.6) is 11.5 Å². The van der Waals surface area contributed by atoms with E-state index < -0.39 is 0 Å². The van der Waals surface area contributed by atoms with Gasteiger partial charge in [0.25, 0.3) is 11.1 Å². The number of nitrogens with zero attached hydrogens (tertiary/aromatic N) is 1. The lowest BCUT2D eigenvalue weighted by Gasteiger charge is -2.14. The zero-order valence-corrected chi connectivity index (χ0v) is 23.2. The van der Waals surface area contributed by atoms with Crippen LogP contribution in [0.25, 0.3) is 6.08 Å². The molecule has 1 heterocycles. The predicted molar refractivity (Wildman–Crippen MR) is 147 cm³/mol. The number of benzene rings is 3. The minimum atomic E-state index is -0.334. The fraction of sp³-hybridized carbons (Fsp3) is 0.120. The highest BCUT2D eigenvalue weighted by molar-refractivity contribution is 14.1. The summed E-state index contributed by atoms with van der Waals surface area (Å²) in [5.41, 5.74) is 2.51. The summed E-state index contributed by atoms with van der Waals surface area (Å²) in [5.74, 6) is 0.518. The Hall–Kier alpha value is -2.01. The molecule has 3 aromatic rings. The molecule has 2 amide bonds. The first-order valence-electron chi connectivity index (χ1n) is 10.1. The number of rotatable bonds is 7. The summed E-state index contributed by atoms with van der Waals surface area (Å²) >= 11 is 13.0. The van der Waals surface area contributed by atoms with Crippen LogP contribution in [0.1, 0.15) is 16.7 Å². The average Bonchev–Trinajstić information content (AvgIpc) is 3.07. The third-order valence-corrected chi connectivity index (χ3v) is 7.41. The van der Waals surface area contributed by atoms with E-state index >= 15 is 0 Å². The van der Waals surface area contributed by atoms with Gasteiger partial charge in [-0.1, -0.05) is 51.8 Å². The minimum Gasteiger partial charge on any atom is -0.493 e. The van der Waals surface area contributed by atoms with Crippen molar-refractivity contribution in [3.05, 3.63) is 95.3 Å². The van der Waals surface area contributed by atoms with Gasteiger partial charge in [0.15, 0.2) is 11.5 Å². The molecule has 0 aromatic heterocycles. The highest BCUT2D eigenvalue weighted by atomic mass is 127. The Morgan fingerprint density at radius 2 is 1.74 bits per heavy atom. The number of carbonyl (C=O) groups excluding carboxylic acids is 2. The molecule has 0 spiro atoms. The van der Waals surface area contributed by atoms with Crippen molar-refractivity contribution in [2.45, 2.75) is 13.2 Å². The number of thioether (sulfide) groups is 1. The Labute approximate surface area is 228 Å². The largest absolute Gasteiger partial charge is 0.493 e. The van der Waals surface area contributed by atoms with Crippen molar-refractivity contribution < 1.29 is 19.1 Å². The SMILES string of the molecule is COc1cc(/C=C2\SC(=O)N(Cc3ccc(I)cc3)C2=O)cc(Cl)c1OCc1ccc(Br)cc1. The van der Waals surface area contributed by atoms with Crippen LogP contribution in [0.4, 0.5) is 4.79 Å². The molecule has 1 fully saturated rings. The maximum Gasteiger partial charge on any atom is 0.293 e.